The van der Waals surface area contributed by atoms with E-state index in [2.05, 4.69) is 10.5 Å². The van der Waals surface area contributed by atoms with Gasteiger partial charge in [-0.3, -0.25) is 19.3 Å². The summed E-state index contributed by atoms with van der Waals surface area (Å²) in [4.78, 5) is 29.4. The van der Waals surface area contributed by atoms with Gasteiger partial charge >= 0.3 is 7.12 Å². The van der Waals surface area contributed by atoms with E-state index in [1.807, 2.05) is 24.3 Å². The van der Waals surface area contributed by atoms with E-state index in [0.29, 0.717) is 11.0 Å². The highest BCUT2D eigenvalue weighted by Gasteiger charge is 2.34. The molecule has 0 fully saturated rings. The third-order valence-corrected chi connectivity index (χ3v) is 4.97. The molecule has 4 rings (SSSR count). The Morgan fingerprint density at radius 3 is 2.93 bits per heavy atom. The molecule has 2 heterocycles. The Morgan fingerprint density at radius 1 is 1.25 bits per heavy atom. The maximum Gasteiger partial charge on any atom is 0.515 e. The van der Waals surface area contributed by atoms with E-state index in [0.717, 1.165) is 16.3 Å². The molecule has 0 saturated carbocycles. The lowest BCUT2D eigenvalue weighted by Gasteiger charge is -2.24. The zero-order valence-electron chi connectivity index (χ0n) is 15.0. The summed E-state index contributed by atoms with van der Waals surface area (Å²) in [7, 11) is -1.28. The molecule has 0 saturated heterocycles. The zero-order chi connectivity index (χ0) is 19.7. The molecule has 4 N–H and O–H groups in total. The third-order valence-electron chi connectivity index (χ3n) is 4.97. The molecule has 8 heteroatoms. The maximum atomic E-state index is 13.0. The SMILES string of the molecule is NCC(C(=O)Cc1ccc2cnccc2c1)c1cccc2c1C(=O)NOB2O. The second-order valence-corrected chi connectivity index (χ2v) is 6.70. The number of benzene rings is 2. The molecule has 0 bridgehead atoms. The van der Waals surface area contributed by atoms with Crippen molar-refractivity contribution in [2.75, 3.05) is 6.54 Å². The van der Waals surface area contributed by atoms with Gasteiger partial charge in [-0.1, -0.05) is 36.4 Å². The molecule has 0 radical (unpaired) electrons. The van der Waals surface area contributed by atoms with Crippen molar-refractivity contribution < 1.29 is 19.4 Å². The van der Waals surface area contributed by atoms with Gasteiger partial charge in [-0.05, 0) is 28.0 Å². The molecule has 28 heavy (non-hydrogen) atoms. The smallest absolute Gasteiger partial charge is 0.422 e. The largest absolute Gasteiger partial charge is 0.515 e. The number of nitrogens with zero attached hydrogens (tertiary/aromatic N) is 1. The number of carbonyl (C=O) groups is 2. The lowest BCUT2D eigenvalue weighted by Crippen LogP contribution is -2.51. The summed E-state index contributed by atoms with van der Waals surface area (Å²) >= 11 is 0. The monoisotopic (exact) mass is 375 g/mol. The number of ketones is 1. The van der Waals surface area contributed by atoms with Crippen LogP contribution in [0.25, 0.3) is 10.8 Å². The summed E-state index contributed by atoms with van der Waals surface area (Å²) in [6, 6.07) is 12.6. The molecule has 2 aromatic carbocycles. The molecule has 1 atom stereocenters. The van der Waals surface area contributed by atoms with Crippen LogP contribution in [-0.2, 0) is 16.0 Å². The van der Waals surface area contributed by atoms with Crippen LogP contribution in [0.1, 0.15) is 27.4 Å². The van der Waals surface area contributed by atoms with E-state index in [9.17, 15) is 14.6 Å². The lowest BCUT2D eigenvalue weighted by atomic mass is 9.72. The summed E-state index contributed by atoms with van der Waals surface area (Å²) in [5.41, 5.74) is 10.0. The first-order valence-electron chi connectivity index (χ1n) is 8.91. The lowest BCUT2D eigenvalue weighted by molar-refractivity contribution is -0.119. The fourth-order valence-corrected chi connectivity index (χ4v) is 3.57. The number of nitrogens with two attached hydrogens (primary N) is 1. The van der Waals surface area contributed by atoms with Crippen molar-refractivity contribution in [2.45, 2.75) is 12.3 Å². The number of pyridine rings is 1. The van der Waals surface area contributed by atoms with Gasteiger partial charge < -0.3 is 10.8 Å². The van der Waals surface area contributed by atoms with Crippen molar-refractivity contribution in [3.05, 3.63) is 71.5 Å². The van der Waals surface area contributed by atoms with Crippen LogP contribution in [0.2, 0.25) is 0 Å². The second-order valence-electron chi connectivity index (χ2n) is 6.70. The number of fused-ring (bicyclic) bond motifs is 2. The predicted octanol–water partition coefficient (Wildman–Crippen LogP) is 0.451. The first kappa shape index (κ1) is 18.3. The normalized spacial score (nSPS) is 14.5. The van der Waals surface area contributed by atoms with E-state index in [4.69, 9.17) is 10.5 Å². The summed E-state index contributed by atoms with van der Waals surface area (Å²) in [5, 5.41) is 12.0. The van der Waals surface area contributed by atoms with Gasteiger partial charge in [-0.2, -0.15) is 0 Å². The molecular weight excluding hydrogens is 357 g/mol. The highest BCUT2D eigenvalue weighted by Crippen LogP contribution is 2.24. The molecule has 1 aromatic heterocycles. The standard InChI is InChI=1S/C20H18BN3O4/c22-10-16(15-2-1-3-17-19(15)20(26)24-28-21(17)27)18(25)9-12-4-5-14-11-23-7-6-13(14)8-12/h1-8,11,16,27H,9-10,22H2,(H,24,26). The minimum Gasteiger partial charge on any atom is -0.422 e. The number of hydroxylamine groups is 1. The van der Waals surface area contributed by atoms with Gasteiger partial charge in [0.25, 0.3) is 5.91 Å². The van der Waals surface area contributed by atoms with E-state index in [1.54, 1.807) is 30.6 Å². The second kappa shape index (κ2) is 7.51. The van der Waals surface area contributed by atoms with Gasteiger partial charge in [0.2, 0.25) is 0 Å². The van der Waals surface area contributed by atoms with Crippen LogP contribution in [0.5, 0.6) is 0 Å². The number of hydrogen-bond acceptors (Lipinski definition) is 6. The average molecular weight is 375 g/mol. The maximum absolute atomic E-state index is 13.0. The number of carbonyl (C=O) groups excluding carboxylic acids is 2. The summed E-state index contributed by atoms with van der Waals surface area (Å²) in [6.45, 7) is 0.0526. The number of hydrogen-bond donors (Lipinski definition) is 3. The van der Waals surface area contributed by atoms with Crippen LogP contribution in [0.3, 0.4) is 0 Å². The Hall–Kier alpha value is -3.07. The Morgan fingerprint density at radius 2 is 2.11 bits per heavy atom. The van der Waals surface area contributed by atoms with Gasteiger partial charge in [0, 0.05) is 36.3 Å². The van der Waals surface area contributed by atoms with Crippen molar-refractivity contribution >= 4 is 35.0 Å². The van der Waals surface area contributed by atoms with Crippen molar-refractivity contribution in [1.29, 1.82) is 0 Å². The molecule has 1 aliphatic rings. The highest BCUT2D eigenvalue weighted by molar-refractivity contribution is 6.62. The van der Waals surface area contributed by atoms with Crippen molar-refractivity contribution in [3.63, 3.8) is 0 Å². The number of Topliss-reactive ketones (excluding diaryl/α,β-unsaturated/α-hetero) is 1. The van der Waals surface area contributed by atoms with E-state index in [-0.39, 0.29) is 24.3 Å². The Labute approximate surface area is 161 Å². The first-order valence-corrected chi connectivity index (χ1v) is 8.91. The summed E-state index contributed by atoms with van der Waals surface area (Å²) in [5.74, 6) is -1.27. The van der Waals surface area contributed by atoms with E-state index < -0.39 is 18.9 Å². The number of amides is 1. The fourth-order valence-electron chi connectivity index (χ4n) is 3.57. The van der Waals surface area contributed by atoms with Gasteiger partial charge in [-0.15, -0.1) is 0 Å². The van der Waals surface area contributed by atoms with Crippen LogP contribution >= 0.6 is 0 Å². The minimum absolute atomic E-state index is 0.0526. The first-order chi connectivity index (χ1) is 13.6. The molecule has 0 aliphatic carbocycles. The van der Waals surface area contributed by atoms with Gasteiger partial charge in [-0.25, -0.2) is 5.48 Å². The number of nitrogens with one attached hydrogen (secondary N) is 1. The Kier molecular flexibility index (Phi) is 4.91. The summed E-state index contributed by atoms with van der Waals surface area (Å²) < 4.78 is 4.82. The molecule has 1 amide bonds. The van der Waals surface area contributed by atoms with Crippen molar-refractivity contribution in [2.24, 2.45) is 5.73 Å². The van der Waals surface area contributed by atoms with E-state index >= 15 is 0 Å². The number of aromatic nitrogens is 1. The molecular formula is C20H18BN3O4. The van der Waals surface area contributed by atoms with Gasteiger partial charge in [0.1, 0.15) is 5.78 Å². The van der Waals surface area contributed by atoms with Gasteiger partial charge in [0.05, 0.1) is 5.92 Å². The highest BCUT2D eigenvalue weighted by atomic mass is 16.7. The quantitative estimate of drug-likeness (QED) is 0.558. The molecule has 3 aromatic rings. The Bertz CT molecular complexity index is 1070. The average Bonchev–Trinajstić information content (AvgIpc) is 2.71. The summed E-state index contributed by atoms with van der Waals surface area (Å²) in [6.07, 6.45) is 3.66. The van der Waals surface area contributed by atoms with Crippen LogP contribution < -0.4 is 16.7 Å². The molecule has 0 spiro atoms. The van der Waals surface area contributed by atoms with Crippen LogP contribution in [0.15, 0.2) is 54.9 Å². The number of rotatable bonds is 5. The molecule has 1 aliphatic heterocycles. The zero-order valence-corrected chi connectivity index (χ0v) is 15.0. The van der Waals surface area contributed by atoms with Crippen molar-refractivity contribution in [3.8, 4) is 0 Å². The minimum atomic E-state index is -1.28. The van der Waals surface area contributed by atoms with Gasteiger partial charge in [0.15, 0.2) is 0 Å². The van der Waals surface area contributed by atoms with E-state index in [1.165, 1.54) is 0 Å². The molecule has 7 nitrogen and oxygen atoms in total. The van der Waals surface area contributed by atoms with Crippen molar-refractivity contribution in [1.82, 2.24) is 10.5 Å². The fraction of sp³-hybridized carbons (Fsp3) is 0.150. The molecule has 1 unspecified atom stereocenters. The van der Waals surface area contributed by atoms with Crippen LogP contribution in [-0.4, -0.2) is 35.4 Å². The predicted molar refractivity (Wildman–Crippen MR) is 105 cm³/mol. The van der Waals surface area contributed by atoms with Crippen LogP contribution in [0.4, 0.5) is 0 Å². The van der Waals surface area contributed by atoms with Crippen LogP contribution in [0, 0.1) is 0 Å². The Balaban J connectivity index is 1.66. The third kappa shape index (κ3) is 3.29. The molecule has 140 valence electrons. The topological polar surface area (TPSA) is 115 Å².